The normalized spacial score (nSPS) is 27.8. The van der Waals surface area contributed by atoms with Crippen molar-refractivity contribution in [2.75, 3.05) is 47.0 Å². The molecule has 2 aliphatic heterocycles. The standard InChI is InChI=1S/C17H34N4O2.HI/c1-13(2)21-10-14(3)15(11-21)20-16(18-4)19-12-17(22-5)6-8-23-9-7-17;/h13-15H,6-12H2,1-5H3,(H2,18,19,20);1H. The summed E-state index contributed by atoms with van der Waals surface area (Å²) < 4.78 is 11.2. The molecule has 2 unspecified atom stereocenters. The SMILES string of the molecule is CN=C(NCC1(OC)CCOCC1)NC1CN(C(C)C)CC1C.I. The minimum absolute atomic E-state index is 0. The van der Waals surface area contributed by atoms with Crippen LogP contribution in [0.3, 0.4) is 0 Å². The third kappa shape index (κ3) is 5.71. The molecular weight excluding hydrogens is 419 g/mol. The quantitative estimate of drug-likeness (QED) is 0.376. The van der Waals surface area contributed by atoms with Crippen molar-refractivity contribution in [2.45, 2.75) is 51.3 Å². The lowest BCUT2D eigenvalue weighted by molar-refractivity contribution is -0.0855. The number of hydrogen-bond acceptors (Lipinski definition) is 4. The van der Waals surface area contributed by atoms with Crippen LogP contribution in [0.2, 0.25) is 0 Å². The lowest BCUT2D eigenvalue weighted by Gasteiger charge is -2.36. The minimum Gasteiger partial charge on any atom is -0.381 e. The molecule has 0 radical (unpaired) electrons. The molecule has 0 saturated carbocycles. The second-order valence-corrected chi connectivity index (χ2v) is 7.20. The maximum Gasteiger partial charge on any atom is 0.191 e. The van der Waals surface area contributed by atoms with Gasteiger partial charge in [0.25, 0.3) is 0 Å². The molecule has 0 bridgehead atoms. The van der Waals surface area contributed by atoms with Crippen molar-refractivity contribution in [1.82, 2.24) is 15.5 Å². The number of methoxy groups -OCH3 is 1. The molecule has 0 spiro atoms. The van der Waals surface area contributed by atoms with Crippen LogP contribution >= 0.6 is 24.0 Å². The van der Waals surface area contributed by atoms with E-state index in [1.807, 2.05) is 7.05 Å². The van der Waals surface area contributed by atoms with Gasteiger partial charge in [-0.15, -0.1) is 24.0 Å². The van der Waals surface area contributed by atoms with Gasteiger partial charge in [-0.3, -0.25) is 9.89 Å². The predicted octanol–water partition coefficient (Wildman–Crippen LogP) is 1.69. The van der Waals surface area contributed by atoms with Gasteiger partial charge < -0.3 is 20.1 Å². The summed E-state index contributed by atoms with van der Waals surface area (Å²) in [5.41, 5.74) is -0.138. The third-order valence-electron chi connectivity index (χ3n) is 5.33. The number of likely N-dealkylation sites (tertiary alicyclic amines) is 1. The lowest BCUT2D eigenvalue weighted by Crippen LogP contribution is -2.53. The van der Waals surface area contributed by atoms with Crippen LogP contribution < -0.4 is 10.6 Å². The summed E-state index contributed by atoms with van der Waals surface area (Å²) in [6.07, 6.45) is 1.85. The monoisotopic (exact) mass is 454 g/mol. The highest BCUT2D eigenvalue weighted by Gasteiger charge is 2.34. The van der Waals surface area contributed by atoms with Crippen molar-refractivity contribution in [2.24, 2.45) is 10.9 Å². The van der Waals surface area contributed by atoms with Crippen LogP contribution in [0.25, 0.3) is 0 Å². The maximum absolute atomic E-state index is 5.78. The summed E-state index contributed by atoms with van der Waals surface area (Å²) in [6.45, 7) is 11.3. The molecule has 2 heterocycles. The molecule has 2 rings (SSSR count). The average molecular weight is 454 g/mol. The van der Waals surface area contributed by atoms with Crippen molar-refractivity contribution in [3.8, 4) is 0 Å². The molecule has 2 aliphatic rings. The van der Waals surface area contributed by atoms with E-state index in [1.165, 1.54) is 0 Å². The maximum atomic E-state index is 5.78. The molecule has 7 heteroatoms. The average Bonchev–Trinajstić information content (AvgIpc) is 2.93. The van der Waals surface area contributed by atoms with Crippen LogP contribution in [0.15, 0.2) is 4.99 Å². The fourth-order valence-corrected chi connectivity index (χ4v) is 3.43. The highest BCUT2D eigenvalue weighted by Crippen LogP contribution is 2.23. The Morgan fingerprint density at radius 3 is 2.50 bits per heavy atom. The summed E-state index contributed by atoms with van der Waals surface area (Å²) in [5.74, 6) is 1.49. The van der Waals surface area contributed by atoms with E-state index in [0.29, 0.717) is 18.0 Å². The highest BCUT2D eigenvalue weighted by molar-refractivity contribution is 14.0. The Kier molecular flexibility index (Phi) is 9.25. The van der Waals surface area contributed by atoms with Crippen molar-refractivity contribution >= 4 is 29.9 Å². The van der Waals surface area contributed by atoms with Gasteiger partial charge in [-0.25, -0.2) is 0 Å². The van der Waals surface area contributed by atoms with E-state index < -0.39 is 0 Å². The smallest absolute Gasteiger partial charge is 0.191 e. The lowest BCUT2D eigenvalue weighted by atomic mass is 9.94. The zero-order valence-corrected chi connectivity index (χ0v) is 18.1. The predicted molar refractivity (Wildman–Crippen MR) is 109 cm³/mol. The molecular formula is C17H35IN4O2. The molecule has 6 nitrogen and oxygen atoms in total. The second kappa shape index (κ2) is 10.1. The third-order valence-corrected chi connectivity index (χ3v) is 5.33. The number of hydrogen-bond donors (Lipinski definition) is 2. The summed E-state index contributed by atoms with van der Waals surface area (Å²) >= 11 is 0. The summed E-state index contributed by atoms with van der Waals surface area (Å²) in [5, 5.41) is 7.05. The Hall–Kier alpha value is -0.120. The Morgan fingerprint density at radius 1 is 1.33 bits per heavy atom. The van der Waals surface area contributed by atoms with Gasteiger partial charge in [-0.05, 0) is 19.8 Å². The van der Waals surface area contributed by atoms with Gasteiger partial charge in [0.2, 0.25) is 0 Å². The van der Waals surface area contributed by atoms with Gasteiger partial charge in [0.15, 0.2) is 5.96 Å². The molecule has 2 N–H and O–H groups in total. The van der Waals surface area contributed by atoms with Crippen LogP contribution in [0.1, 0.15) is 33.6 Å². The number of nitrogens with zero attached hydrogens (tertiary/aromatic N) is 2. The zero-order chi connectivity index (χ0) is 16.9. The Labute approximate surface area is 164 Å². The second-order valence-electron chi connectivity index (χ2n) is 7.20. The molecule has 2 atom stereocenters. The van der Waals surface area contributed by atoms with Gasteiger partial charge >= 0.3 is 0 Å². The highest BCUT2D eigenvalue weighted by atomic mass is 127. The van der Waals surface area contributed by atoms with E-state index in [1.54, 1.807) is 7.11 Å². The Bertz CT molecular complexity index is 400. The molecule has 2 fully saturated rings. The van der Waals surface area contributed by atoms with Crippen LogP contribution in [-0.2, 0) is 9.47 Å². The van der Waals surface area contributed by atoms with Crippen LogP contribution in [-0.4, -0.2) is 75.5 Å². The molecule has 0 aliphatic carbocycles. The molecule has 142 valence electrons. The molecule has 0 aromatic rings. The fourth-order valence-electron chi connectivity index (χ4n) is 3.43. The van der Waals surface area contributed by atoms with Crippen molar-refractivity contribution in [1.29, 1.82) is 0 Å². The molecule has 2 saturated heterocycles. The van der Waals surface area contributed by atoms with Gasteiger partial charge in [-0.2, -0.15) is 0 Å². The fraction of sp³-hybridized carbons (Fsp3) is 0.941. The van der Waals surface area contributed by atoms with Crippen LogP contribution in [0.5, 0.6) is 0 Å². The molecule has 0 amide bonds. The first-order valence-corrected chi connectivity index (χ1v) is 8.84. The van der Waals surface area contributed by atoms with Crippen molar-refractivity contribution in [3.05, 3.63) is 0 Å². The Balaban J connectivity index is 0.00000288. The van der Waals surface area contributed by atoms with E-state index in [4.69, 9.17) is 9.47 Å². The summed E-state index contributed by atoms with van der Waals surface area (Å²) in [6, 6.07) is 1.04. The largest absolute Gasteiger partial charge is 0.381 e. The number of ether oxygens (including phenoxy) is 2. The zero-order valence-electron chi connectivity index (χ0n) is 15.8. The number of aliphatic imine (C=N–C) groups is 1. The van der Waals surface area contributed by atoms with E-state index in [0.717, 1.165) is 51.6 Å². The van der Waals surface area contributed by atoms with Crippen LogP contribution in [0, 0.1) is 5.92 Å². The minimum atomic E-state index is -0.138. The summed E-state index contributed by atoms with van der Waals surface area (Å²) in [7, 11) is 3.63. The van der Waals surface area contributed by atoms with Crippen LogP contribution in [0.4, 0.5) is 0 Å². The first kappa shape index (κ1) is 21.9. The number of rotatable bonds is 5. The summed E-state index contributed by atoms with van der Waals surface area (Å²) in [4.78, 5) is 6.91. The molecule has 24 heavy (non-hydrogen) atoms. The van der Waals surface area contributed by atoms with E-state index in [2.05, 4.69) is 41.3 Å². The number of guanidine groups is 1. The van der Waals surface area contributed by atoms with E-state index in [9.17, 15) is 0 Å². The van der Waals surface area contributed by atoms with Gasteiger partial charge in [0.1, 0.15) is 0 Å². The van der Waals surface area contributed by atoms with Crippen molar-refractivity contribution in [3.63, 3.8) is 0 Å². The molecule has 0 aromatic carbocycles. The van der Waals surface area contributed by atoms with Crippen molar-refractivity contribution < 1.29 is 9.47 Å². The first-order chi connectivity index (χ1) is 11.0. The van der Waals surface area contributed by atoms with Gasteiger partial charge in [-0.1, -0.05) is 6.92 Å². The topological polar surface area (TPSA) is 58.1 Å². The molecule has 0 aromatic heterocycles. The van der Waals surface area contributed by atoms with Gasteiger partial charge in [0, 0.05) is 71.9 Å². The van der Waals surface area contributed by atoms with E-state index in [-0.39, 0.29) is 29.6 Å². The van der Waals surface area contributed by atoms with E-state index >= 15 is 0 Å². The van der Waals surface area contributed by atoms with Gasteiger partial charge in [0.05, 0.1) is 5.60 Å². The number of halogens is 1. The Morgan fingerprint density at radius 2 is 2.00 bits per heavy atom. The number of nitrogens with one attached hydrogen (secondary N) is 2. The first-order valence-electron chi connectivity index (χ1n) is 8.84.